The van der Waals surface area contributed by atoms with Crippen molar-refractivity contribution in [1.82, 2.24) is 4.98 Å². The molecule has 11 heavy (non-hydrogen) atoms. The van der Waals surface area contributed by atoms with Crippen LogP contribution in [0.25, 0.3) is 0 Å². The van der Waals surface area contributed by atoms with Crippen molar-refractivity contribution in [3.63, 3.8) is 0 Å². The molecule has 0 aliphatic heterocycles. The third-order valence-electron chi connectivity index (χ3n) is 1.36. The zero-order valence-electron chi connectivity index (χ0n) is 6.03. The van der Waals surface area contributed by atoms with Gasteiger partial charge in [-0.25, -0.2) is 9.78 Å². The van der Waals surface area contributed by atoms with Gasteiger partial charge < -0.3 is 10.8 Å². The number of aromatic carboxylic acids is 1. The minimum absolute atomic E-state index is 0.0203. The van der Waals surface area contributed by atoms with Crippen LogP contribution in [0.4, 0.5) is 5.69 Å². The van der Waals surface area contributed by atoms with Crippen molar-refractivity contribution in [1.29, 1.82) is 0 Å². The number of carboxylic acid groups (broad SMARTS) is 1. The van der Waals surface area contributed by atoms with Crippen LogP contribution in [0.1, 0.15) is 16.1 Å². The number of nitrogens with zero attached hydrogens (tertiary/aromatic N) is 1. The van der Waals surface area contributed by atoms with E-state index in [1.165, 1.54) is 12.3 Å². The summed E-state index contributed by atoms with van der Waals surface area (Å²) in [5.74, 6) is -1.06. The molecule has 3 N–H and O–H groups in total. The van der Waals surface area contributed by atoms with Crippen molar-refractivity contribution in [3.8, 4) is 0 Å². The summed E-state index contributed by atoms with van der Waals surface area (Å²) < 4.78 is 0. The molecule has 0 atom stereocenters. The van der Waals surface area contributed by atoms with E-state index in [-0.39, 0.29) is 5.69 Å². The van der Waals surface area contributed by atoms with Crippen LogP contribution in [0.2, 0.25) is 0 Å². The molecule has 0 saturated carbocycles. The minimum Gasteiger partial charge on any atom is -0.477 e. The lowest BCUT2D eigenvalue weighted by atomic mass is 10.2. The maximum atomic E-state index is 10.3. The van der Waals surface area contributed by atoms with E-state index in [9.17, 15) is 4.79 Å². The quantitative estimate of drug-likeness (QED) is 0.620. The van der Waals surface area contributed by atoms with Gasteiger partial charge >= 0.3 is 5.97 Å². The molecule has 0 saturated heterocycles. The third-order valence-corrected chi connectivity index (χ3v) is 1.36. The number of rotatable bonds is 1. The number of hydrogen-bond donors (Lipinski definition) is 2. The highest BCUT2D eigenvalue weighted by Gasteiger charge is 2.04. The summed E-state index contributed by atoms with van der Waals surface area (Å²) in [5, 5.41) is 8.48. The van der Waals surface area contributed by atoms with Crippen LogP contribution in [0.15, 0.2) is 12.3 Å². The summed E-state index contributed by atoms with van der Waals surface area (Å²) in [6, 6.07) is 1.34. The van der Waals surface area contributed by atoms with E-state index in [1.54, 1.807) is 6.92 Å². The summed E-state index contributed by atoms with van der Waals surface area (Å²) in [6.45, 7) is 1.77. The second kappa shape index (κ2) is 2.57. The van der Waals surface area contributed by atoms with Crippen molar-refractivity contribution in [3.05, 3.63) is 23.5 Å². The molecule has 4 heteroatoms. The predicted molar refractivity (Wildman–Crippen MR) is 40.3 cm³/mol. The zero-order chi connectivity index (χ0) is 8.43. The number of aryl methyl sites for hydroxylation is 1. The number of hydrogen-bond acceptors (Lipinski definition) is 3. The normalized spacial score (nSPS) is 9.55. The second-order valence-corrected chi connectivity index (χ2v) is 2.23. The molecule has 1 heterocycles. The molecule has 0 bridgehead atoms. The van der Waals surface area contributed by atoms with Gasteiger partial charge in [-0.1, -0.05) is 0 Å². The first-order valence-corrected chi connectivity index (χ1v) is 3.06. The molecule has 4 nitrogen and oxygen atoms in total. The van der Waals surface area contributed by atoms with Crippen molar-refractivity contribution >= 4 is 11.7 Å². The highest BCUT2D eigenvalue weighted by Crippen LogP contribution is 2.09. The highest BCUT2D eigenvalue weighted by molar-refractivity contribution is 5.86. The molecule has 58 valence electrons. The van der Waals surface area contributed by atoms with Gasteiger partial charge in [0.2, 0.25) is 0 Å². The van der Waals surface area contributed by atoms with Gasteiger partial charge in [0.05, 0.1) is 0 Å². The van der Waals surface area contributed by atoms with Crippen molar-refractivity contribution in [2.75, 3.05) is 5.73 Å². The molecule has 0 unspecified atom stereocenters. The first-order chi connectivity index (χ1) is 5.11. The van der Waals surface area contributed by atoms with Crippen LogP contribution in [0.3, 0.4) is 0 Å². The lowest BCUT2D eigenvalue weighted by molar-refractivity contribution is 0.0690. The molecule has 1 aromatic rings. The fourth-order valence-electron chi connectivity index (χ4n) is 0.656. The van der Waals surface area contributed by atoms with E-state index in [2.05, 4.69) is 4.98 Å². The first-order valence-electron chi connectivity index (χ1n) is 3.06. The van der Waals surface area contributed by atoms with Crippen molar-refractivity contribution < 1.29 is 9.90 Å². The van der Waals surface area contributed by atoms with E-state index in [1.807, 2.05) is 0 Å². The van der Waals surface area contributed by atoms with Gasteiger partial charge in [0.1, 0.15) is 5.69 Å². The van der Waals surface area contributed by atoms with Crippen molar-refractivity contribution in [2.24, 2.45) is 0 Å². The Morgan fingerprint density at radius 1 is 1.73 bits per heavy atom. The molecule has 0 aliphatic rings. The van der Waals surface area contributed by atoms with Gasteiger partial charge in [0.15, 0.2) is 0 Å². The molecule has 1 aromatic heterocycles. The number of pyridine rings is 1. The topological polar surface area (TPSA) is 76.2 Å². The molecule has 1 rings (SSSR count). The van der Waals surface area contributed by atoms with Crippen LogP contribution in [-0.4, -0.2) is 16.1 Å². The van der Waals surface area contributed by atoms with Crippen LogP contribution in [0.5, 0.6) is 0 Å². The number of carboxylic acids is 1. The lowest BCUT2D eigenvalue weighted by Gasteiger charge is -1.98. The SMILES string of the molecule is Cc1cnc(C(=O)O)cc1N. The van der Waals surface area contributed by atoms with Crippen molar-refractivity contribution in [2.45, 2.75) is 6.92 Å². The van der Waals surface area contributed by atoms with Gasteiger partial charge in [0, 0.05) is 11.9 Å². The van der Waals surface area contributed by atoms with E-state index in [0.717, 1.165) is 5.56 Å². The number of nitrogens with two attached hydrogens (primary N) is 1. The molecule has 0 fully saturated rings. The Morgan fingerprint density at radius 2 is 2.36 bits per heavy atom. The minimum atomic E-state index is -1.06. The monoisotopic (exact) mass is 152 g/mol. The Hall–Kier alpha value is -1.58. The number of anilines is 1. The highest BCUT2D eigenvalue weighted by atomic mass is 16.4. The predicted octanol–water partition coefficient (Wildman–Crippen LogP) is 0.670. The average molecular weight is 152 g/mol. The lowest BCUT2D eigenvalue weighted by Crippen LogP contribution is -2.02. The van der Waals surface area contributed by atoms with E-state index >= 15 is 0 Å². The molecular weight excluding hydrogens is 144 g/mol. The molecule has 0 radical (unpaired) electrons. The van der Waals surface area contributed by atoms with Crippen LogP contribution in [0, 0.1) is 6.92 Å². The van der Waals surface area contributed by atoms with Crippen LogP contribution < -0.4 is 5.73 Å². The Kier molecular flexibility index (Phi) is 1.76. The zero-order valence-corrected chi connectivity index (χ0v) is 6.03. The summed E-state index contributed by atoms with van der Waals surface area (Å²) >= 11 is 0. The standard InChI is InChI=1S/C7H8N2O2/c1-4-3-9-6(7(10)11)2-5(4)8/h2-3H,1H3,(H2,8,9)(H,10,11). The van der Waals surface area contributed by atoms with Gasteiger partial charge in [-0.3, -0.25) is 0 Å². The van der Waals surface area contributed by atoms with Gasteiger partial charge in [-0.15, -0.1) is 0 Å². The maximum Gasteiger partial charge on any atom is 0.354 e. The molecule has 0 aliphatic carbocycles. The summed E-state index contributed by atoms with van der Waals surface area (Å²) in [6.07, 6.45) is 1.44. The first kappa shape index (κ1) is 7.53. The number of aromatic nitrogens is 1. The van der Waals surface area contributed by atoms with Gasteiger partial charge in [0.25, 0.3) is 0 Å². The van der Waals surface area contributed by atoms with Gasteiger partial charge in [-0.2, -0.15) is 0 Å². The maximum absolute atomic E-state index is 10.3. The third kappa shape index (κ3) is 1.46. The summed E-state index contributed by atoms with van der Waals surface area (Å²) in [4.78, 5) is 14.0. The fourth-order valence-corrected chi connectivity index (χ4v) is 0.656. The van der Waals surface area contributed by atoms with E-state index < -0.39 is 5.97 Å². The Labute approximate surface area is 63.7 Å². The molecule has 0 aromatic carbocycles. The largest absolute Gasteiger partial charge is 0.477 e. The molecular formula is C7H8N2O2. The van der Waals surface area contributed by atoms with E-state index in [4.69, 9.17) is 10.8 Å². The smallest absolute Gasteiger partial charge is 0.354 e. The summed E-state index contributed by atoms with van der Waals surface area (Å²) in [5.41, 5.74) is 6.68. The summed E-state index contributed by atoms with van der Waals surface area (Å²) in [7, 11) is 0. The van der Waals surface area contributed by atoms with Crippen LogP contribution >= 0.6 is 0 Å². The average Bonchev–Trinajstić information content (AvgIpc) is 1.94. The van der Waals surface area contributed by atoms with Gasteiger partial charge in [-0.05, 0) is 18.6 Å². The number of nitrogen functional groups attached to an aromatic ring is 1. The second-order valence-electron chi connectivity index (χ2n) is 2.23. The molecule has 0 amide bonds. The Balaban J connectivity index is 3.15. The van der Waals surface area contributed by atoms with Crippen LogP contribution in [-0.2, 0) is 0 Å². The van der Waals surface area contributed by atoms with E-state index in [0.29, 0.717) is 5.69 Å². The number of carbonyl (C=O) groups is 1. The molecule has 0 spiro atoms. The Bertz CT molecular complexity index is 296. The fraction of sp³-hybridized carbons (Fsp3) is 0.143. The Morgan fingerprint density at radius 3 is 2.82 bits per heavy atom.